The molecular formula is C48H30N2O2. The molecule has 3 aromatic heterocycles. The Kier molecular flexibility index (Phi) is 6.22. The molecule has 0 radical (unpaired) electrons. The summed E-state index contributed by atoms with van der Waals surface area (Å²) in [6.07, 6.45) is 0. The van der Waals surface area contributed by atoms with Crippen LogP contribution < -0.4 is 4.90 Å². The van der Waals surface area contributed by atoms with Gasteiger partial charge in [-0.1, -0.05) is 109 Å². The lowest BCUT2D eigenvalue weighted by atomic mass is 10.0. The van der Waals surface area contributed by atoms with Gasteiger partial charge in [-0.05, 0) is 77.9 Å². The minimum Gasteiger partial charge on any atom is -0.456 e. The maximum Gasteiger partial charge on any atom is 0.159 e. The van der Waals surface area contributed by atoms with E-state index < -0.39 is 0 Å². The van der Waals surface area contributed by atoms with Gasteiger partial charge in [0.25, 0.3) is 0 Å². The Balaban J connectivity index is 1.09. The van der Waals surface area contributed by atoms with E-state index in [2.05, 4.69) is 167 Å². The first-order valence-corrected chi connectivity index (χ1v) is 17.6. The summed E-state index contributed by atoms with van der Waals surface area (Å²) in [7, 11) is 0. The molecule has 8 aromatic carbocycles. The summed E-state index contributed by atoms with van der Waals surface area (Å²) in [4.78, 5) is 2.30. The van der Waals surface area contributed by atoms with Gasteiger partial charge in [-0.15, -0.1) is 0 Å². The number of para-hydroxylation sites is 4. The Morgan fingerprint density at radius 3 is 1.73 bits per heavy atom. The lowest BCUT2D eigenvalue weighted by molar-refractivity contribution is 0.669. The SMILES string of the molecule is c1ccc(-c2ccc(N(c3ccc(-n4c5ccccc5c5cc6c(cc54)oc4ccccc46)cc3)c3cccc4c3oc3ccccc34)cc2)cc1. The number of nitrogens with zero attached hydrogens (tertiary/aromatic N) is 2. The zero-order chi connectivity index (χ0) is 34.2. The van der Waals surface area contributed by atoms with Crippen molar-refractivity contribution < 1.29 is 8.83 Å². The van der Waals surface area contributed by atoms with Crippen molar-refractivity contribution in [3.8, 4) is 16.8 Å². The first kappa shape index (κ1) is 28.8. The smallest absolute Gasteiger partial charge is 0.159 e. The molecule has 11 aromatic rings. The molecule has 0 saturated carbocycles. The van der Waals surface area contributed by atoms with Crippen LogP contribution in [-0.4, -0.2) is 4.57 Å². The number of furan rings is 2. The highest BCUT2D eigenvalue weighted by molar-refractivity contribution is 6.17. The third kappa shape index (κ3) is 4.34. The highest BCUT2D eigenvalue weighted by atomic mass is 16.3. The van der Waals surface area contributed by atoms with Gasteiger partial charge in [0.1, 0.15) is 16.7 Å². The van der Waals surface area contributed by atoms with E-state index in [-0.39, 0.29) is 0 Å². The van der Waals surface area contributed by atoms with Crippen LogP contribution in [0.15, 0.2) is 191 Å². The van der Waals surface area contributed by atoms with Crippen molar-refractivity contribution in [1.82, 2.24) is 4.57 Å². The molecular weight excluding hydrogens is 637 g/mol. The molecule has 4 heteroatoms. The van der Waals surface area contributed by atoms with Crippen LogP contribution in [0.2, 0.25) is 0 Å². The van der Waals surface area contributed by atoms with Crippen LogP contribution in [0.5, 0.6) is 0 Å². The topological polar surface area (TPSA) is 34.5 Å². The highest BCUT2D eigenvalue weighted by Gasteiger charge is 2.21. The standard InChI is InChI=1S/C48H30N2O2/c1-2-11-31(12-3-1)32-21-23-33(24-22-32)49(43-18-10-16-39-37-14-5-9-20-46(37)52-48(39)43)34-25-27-35(28-26-34)50-42-17-7-4-13-36(42)40-29-41-38-15-6-8-19-45(38)51-47(41)30-44(40)50/h1-30H. The van der Waals surface area contributed by atoms with Gasteiger partial charge in [0.2, 0.25) is 0 Å². The Morgan fingerprint density at radius 1 is 0.365 bits per heavy atom. The molecule has 0 bridgehead atoms. The van der Waals surface area contributed by atoms with E-state index in [9.17, 15) is 0 Å². The number of benzene rings is 8. The predicted octanol–water partition coefficient (Wildman–Crippen LogP) is 13.7. The summed E-state index contributed by atoms with van der Waals surface area (Å²) >= 11 is 0. The minimum absolute atomic E-state index is 0.858. The summed E-state index contributed by atoms with van der Waals surface area (Å²) in [5.41, 5.74) is 12.3. The number of hydrogen-bond acceptors (Lipinski definition) is 3. The van der Waals surface area contributed by atoms with Crippen LogP contribution >= 0.6 is 0 Å². The summed E-state index contributed by atoms with van der Waals surface area (Å²) < 4.78 is 15.3. The van der Waals surface area contributed by atoms with Crippen LogP contribution in [0.4, 0.5) is 17.1 Å². The largest absolute Gasteiger partial charge is 0.456 e. The number of rotatable bonds is 5. The molecule has 0 aliphatic heterocycles. The first-order valence-electron chi connectivity index (χ1n) is 17.6. The summed E-state index contributed by atoms with van der Waals surface area (Å²) in [6.45, 7) is 0. The monoisotopic (exact) mass is 666 g/mol. The second kappa shape index (κ2) is 11.2. The third-order valence-corrected chi connectivity index (χ3v) is 10.4. The van der Waals surface area contributed by atoms with Gasteiger partial charge >= 0.3 is 0 Å². The molecule has 11 rings (SSSR count). The molecule has 3 heterocycles. The van der Waals surface area contributed by atoms with Crippen LogP contribution in [0.1, 0.15) is 0 Å². The molecule has 52 heavy (non-hydrogen) atoms. The highest BCUT2D eigenvalue weighted by Crippen LogP contribution is 2.43. The van der Waals surface area contributed by atoms with Gasteiger partial charge in [-0.3, -0.25) is 0 Å². The van der Waals surface area contributed by atoms with Gasteiger partial charge < -0.3 is 18.3 Å². The van der Waals surface area contributed by atoms with Crippen molar-refractivity contribution in [3.63, 3.8) is 0 Å². The maximum absolute atomic E-state index is 6.58. The molecule has 0 saturated heterocycles. The van der Waals surface area contributed by atoms with Crippen LogP contribution in [-0.2, 0) is 0 Å². The van der Waals surface area contributed by atoms with E-state index in [0.717, 1.165) is 77.7 Å². The second-order valence-corrected chi connectivity index (χ2v) is 13.3. The summed E-state index contributed by atoms with van der Waals surface area (Å²) in [5, 5.41) is 6.89. The number of hydrogen-bond donors (Lipinski definition) is 0. The average Bonchev–Trinajstić information content (AvgIpc) is 3.88. The van der Waals surface area contributed by atoms with Gasteiger partial charge in [0.05, 0.1) is 16.7 Å². The van der Waals surface area contributed by atoms with Crippen LogP contribution in [0, 0.1) is 0 Å². The van der Waals surface area contributed by atoms with Crippen molar-refractivity contribution in [1.29, 1.82) is 0 Å². The normalized spacial score (nSPS) is 11.8. The molecule has 0 N–H and O–H groups in total. The van der Waals surface area contributed by atoms with Crippen molar-refractivity contribution in [2.24, 2.45) is 0 Å². The van der Waals surface area contributed by atoms with E-state index in [1.807, 2.05) is 24.3 Å². The molecule has 0 unspecified atom stereocenters. The number of anilines is 3. The molecule has 4 nitrogen and oxygen atoms in total. The van der Waals surface area contributed by atoms with E-state index in [1.165, 1.54) is 21.9 Å². The second-order valence-electron chi connectivity index (χ2n) is 13.3. The zero-order valence-electron chi connectivity index (χ0n) is 28.0. The Morgan fingerprint density at radius 2 is 0.962 bits per heavy atom. The van der Waals surface area contributed by atoms with E-state index in [1.54, 1.807) is 0 Å². The Hall–Kier alpha value is -7.04. The Labute approximate surface area is 299 Å². The predicted molar refractivity (Wildman–Crippen MR) is 215 cm³/mol. The number of fused-ring (bicyclic) bond motifs is 9. The maximum atomic E-state index is 6.58. The van der Waals surface area contributed by atoms with Gasteiger partial charge in [-0.2, -0.15) is 0 Å². The van der Waals surface area contributed by atoms with Gasteiger partial charge in [0, 0.05) is 55.4 Å². The number of aromatic nitrogens is 1. The van der Waals surface area contributed by atoms with Crippen LogP contribution in [0.3, 0.4) is 0 Å². The van der Waals surface area contributed by atoms with E-state index in [0.29, 0.717) is 0 Å². The van der Waals surface area contributed by atoms with E-state index in [4.69, 9.17) is 8.83 Å². The third-order valence-electron chi connectivity index (χ3n) is 10.4. The van der Waals surface area contributed by atoms with E-state index >= 15 is 0 Å². The summed E-state index contributed by atoms with van der Waals surface area (Å²) in [6, 6.07) is 64.2. The fraction of sp³-hybridized carbons (Fsp3) is 0. The molecule has 0 spiro atoms. The lowest BCUT2D eigenvalue weighted by Crippen LogP contribution is -2.10. The van der Waals surface area contributed by atoms with Crippen molar-refractivity contribution in [2.75, 3.05) is 4.90 Å². The van der Waals surface area contributed by atoms with Gasteiger partial charge in [0.15, 0.2) is 5.58 Å². The van der Waals surface area contributed by atoms with Crippen LogP contribution in [0.25, 0.3) is 82.5 Å². The molecule has 0 aliphatic carbocycles. The molecule has 0 fully saturated rings. The fourth-order valence-corrected chi connectivity index (χ4v) is 7.99. The van der Waals surface area contributed by atoms with Crippen molar-refractivity contribution >= 4 is 82.7 Å². The minimum atomic E-state index is 0.858. The Bertz CT molecular complexity index is 3110. The van der Waals surface area contributed by atoms with Gasteiger partial charge in [-0.25, -0.2) is 0 Å². The molecule has 244 valence electrons. The average molecular weight is 667 g/mol. The zero-order valence-corrected chi connectivity index (χ0v) is 28.0. The van der Waals surface area contributed by atoms with Crippen molar-refractivity contribution in [2.45, 2.75) is 0 Å². The summed E-state index contributed by atoms with van der Waals surface area (Å²) in [5.74, 6) is 0. The molecule has 0 atom stereocenters. The fourth-order valence-electron chi connectivity index (χ4n) is 7.99. The molecule has 0 amide bonds. The molecule has 0 aliphatic rings. The quantitative estimate of drug-likeness (QED) is 0.183. The first-order chi connectivity index (χ1) is 25.8. The van der Waals surface area contributed by atoms with Crippen molar-refractivity contribution in [3.05, 3.63) is 182 Å². The lowest BCUT2D eigenvalue weighted by Gasteiger charge is -2.26.